The van der Waals surface area contributed by atoms with Crippen LogP contribution in [0.25, 0.3) is 17.1 Å². The summed E-state index contributed by atoms with van der Waals surface area (Å²) in [5, 5.41) is 12.2. The summed E-state index contributed by atoms with van der Waals surface area (Å²) >= 11 is 0. The summed E-state index contributed by atoms with van der Waals surface area (Å²) in [6, 6.07) is 14.1. The van der Waals surface area contributed by atoms with Gasteiger partial charge in [0.25, 0.3) is 0 Å². The van der Waals surface area contributed by atoms with Gasteiger partial charge in [-0.15, -0.1) is 15.0 Å². The van der Waals surface area contributed by atoms with E-state index >= 15 is 0 Å². The summed E-state index contributed by atoms with van der Waals surface area (Å²) in [5.41, 5.74) is 13.2. The molecule has 104 valence electrons. The number of nitrogens with zero attached hydrogens (tertiary/aromatic N) is 4. The van der Waals surface area contributed by atoms with Gasteiger partial charge in [0.05, 0.1) is 5.69 Å². The average Bonchev–Trinajstić information content (AvgIpc) is 2.98. The molecular formula is C14H12N6O. The number of rotatable bonds is 3. The van der Waals surface area contributed by atoms with Crippen LogP contribution in [0.4, 0.5) is 5.69 Å². The van der Waals surface area contributed by atoms with E-state index in [0.29, 0.717) is 22.8 Å². The maximum Gasteiger partial charge on any atom is 0.248 e. The highest BCUT2D eigenvalue weighted by Crippen LogP contribution is 2.19. The lowest BCUT2D eigenvalue weighted by Crippen LogP contribution is -2.13. The average molecular weight is 280 g/mol. The Balaban J connectivity index is 2.04. The second kappa shape index (κ2) is 5.04. The Labute approximate surface area is 120 Å². The van der Waals surface area contributed by atoms with E-state index in [1.54, 1.807) is 12.1 Å². The number of carbonyl (C=O) groups excluding carboxylic acids is 1. The second-order valence-corrected chi connectivity index (χ2v) is 4.41. The minimum absolute atomic E-state index is 0.331. The number of amides is 1. The predicted octanol–water partition coefficient (Wildman–Crippen LogP) is 1.01. The van der Waals surface area contributed by atoms with Gasteiger partial charge < -0.3 is 11.5 Å². The highest BCUT2D eigenvalue weighted by Gasteiger charge is 2.11. The molecule has 0 bridgehead atoms. The van der Waals surface area contributed by atoms with Crippen LogP contribution < -0.4 is 11.5 Å². The summed E-state index contributed by atoms with van der Waals surface area (Å²) in [7, 11) is 0. The number of benzene rings is 2. The van der Waals surface area contributed by atoms with Crippen LogP contribution in [0.1, 0.15) is 10.4 Å². The van der Waals surface area contributed by atoms with Crippen molar-refractivity contribution in [2.75, 3.05) is 5.73 Å². The molecule has 0 saturated carbocycles. The standard InChI is InChI=1S/C14H12N6O/c15-11-7-6-10(13(16)21)8-12(11)20-18-14(17-19-20)9-4-2-1-3-5-9/h1-8H,15H2,(H2,16,21). The third-order valence-corrected chi connectivity index (χ3v) is 2.98. The lowest BCUT2D eigenvalue weighted by molar-refractivity contribution is 0.100. The Morgan fingerprint density at radius 3 is 2.57 bits per heavy atom. The molecule has 4 N–H and O–H groups in total. The zero-order valence-corrected chi connectivity index (χ0v) is 11.0. The summed E-state index contributed by atoms with van der Waals surface area (Å²) in [6.07, 6.45) is 0. The monoisotopic (exact) mass is 280 g/mol. The molecule has 3 aromatic rings. The fourth-order valence-electron chi connectivity index (χ4n) is 1.89. The molecule has 0 atom stereocenters. The lowest BCUT2D eigenvalue weighted by atomic mass is 10.1. The Morgan fingerprint density at radius 1 is 1.10 bits per heavy atom. The quantitative estimate of drug-likeness (QED) is 0.695. The van der Waals surface area contributed by atoms with Gasteiger partial charge in [0.15, 0.2) is 0 Å². The van der Waals surface area contributed by atoms with Crippen molar-refractivity contribution in [2.45, 2.75) is 0 Å². The van der Waals surface area contributed by atoms with Crippen molar-refractivity contribution < 1.29 is 4.79 Å². The minimum Gasteiger partial charge on any atom is -0.397 e. The smallest absolute Gasteiger partial charge is 0.248 e. The molecule has 21 heavy (non-hydrogen) atoms. The second-order valence-electron chi connectivity index (χ2n) is 4.41. The van der Waals surface area contributed by atoms with E-state index in [9.17, 15) is 4.79 Å². The zero-order valence-electron chi connectivity index (χ0n) is 11.0. The van der Waals surface area contributed by atoms with Crippen LogP contribution in [0.15, 0.2) is 48.5 Å². The maximum atomic E-state index is 11.2. The molecule has 0 aliphatic carbocycles. The van der Waals surface area contributed by atoms with Crippen molar-refractivity contribution in [2.24, 2.45) is 5.73 Å². The molecule has 2 aromatic carbocycles. The van der Waals surface area contributed by atoms with Crippen molar-refractivity contribution in [3.63, 3.8) is 0 Å². The molecule has 1 aromatic heterocycles. The predicted molar refractivity (Wildman–Crippen MR) is 77.5 cm³/mol. The molecule has 0 fully saturated rings. The molecule has 1 heterocycles. The number of nitrogens with two attached hydrogens (primary N) is 2. The minimum atomic E-state index is -0.542. The highest BCUT2D eigenvalue weighted by atomic mass is 16.1. The van der Waals surface area contributed by atoms with Crippen LogP contribution in [-0.4, -0.2) is 26.1 Å². The van der Waals surface area contributed by atoms with Crippen LogP contribution >= 0.6 is 0 Å². The van der Waals surface area contributed by atoms with Crippen LogP contribution in [0, 0.1) is 0 Å². The third-order valence-electron chi connectivity index (χ3n) is 2.98. The Morgan fingerprint density at radius 2 is 1.86 bits per heavy atom. The van der Waals surface area contributed by atoms with Crippen molar-refractivity contribution in [1.82, 2.24) is 20.2 Å². The van der Waals surface area contributed by atoms with Crippen LogP contribution in [0.5, 0.6) is 0 Å². The van der Waals surface area contributed by atoms with Crippen LogP contribution in [-0.2, 0) is 0 Å². The van der Waals surface area contributed by atoms with Gasteiger partial charge in [-0.2, -0.15) is 0 Å². The van der Waals surface area contributed by atoms with Crippen molar-refractivity contribution in [1.29, 1.82) is 0 Å². The Hall–Kier alpha value is -3.22. The number of hydrogen-bond acceptors (Lipinski definition) is 5. The van der Waals surface area contributed by atoms with Gasteiger partial charge in [0, 0.05) is 11.1 Å². The molecule has 0 unspecified atom stereocenters. The lowest BCUT2D eigenvalue weighted by Gasteiger charge is -2.04. The largest absolute Gasteiger partial charge is 0.397 e. The Kier molecular flexibility index (Phi) is 3.07. The molecule has 0 saturated heterocycles. The van der Waals surface area contributed by atoms with Crippen LogP contribution in [0.2, 0.25) is 0 Å². The molecule has 7 nitrogen and oxygen atoms in total. The fraction of sp³-hybridized carbons (Fsp3) is 0. The SMILES string of the molecule is NC(=O)c1ccc(N)c(-n2nnc(-c3ccccc3)n2)c1. The number of nitrogen functional groups attached to an aromatic ring is 1. The highest BCUT2D eigenvalue weighted by molar-refractivity contribution is 5.94. The van der Waals surface area contributed by atoms with E-state index in [-0.39, 0.29) is 0 Å². The summed E-state index contributed by atoms with van der Waals surface area (Å²) < 4.78 is 0. The first kappa shape index (κ1) is 12.8. The van der Waals surface area contributed by atoms with E-state index in [2.05, 4.69) is 15.4 Å². The van der Waals surface area contributed by atoms with Gasteiger partial charge >= 0.3 is 0 Å². The van der Waals surface area contributed by atoms with Crippen LogP contribution in [0.3, 0.4) is 0 Å². The molecule has 0 spiro atoms. The first-order valence-corrected chi connectivity index (χ1v) is 6.20. The molecular weight excluding hydrogens is 268 g/mol. The number of hydrogen-bond donors (Lipinski definition) is 2. The van der Waals surface area contributed by atoms with Gasteiger partial charge in [-0.3, -0.25) is 4.79 Å². The van der Waals surface area contributed by atoms with E-state index in [4.69, 9.17) is 11.5 Å². The number of carbonyl (C=O) groups is 1. The number of primary amides is 1. The fourth-order valence-corrected chi connectivity index (χ4v) is 1.89. The number of aromatic nitrogens is 4. The van der Waals surface area contributed by atoms with Gasteiger partial charge in [-0.1, -0.05) is 30.3 Å². The topological polar surface area (TPSA) is 113 Å². The summed E-state index contributed by atoms with van der Waals surface area (Å²) in [4.78, 5) is 12.5. The van der Waals surface area contributed by atoms with E-state index in [1.807, 2.05) is 30.3 Å². The van der Waals surface area contributed by atoms with Gasteiger partial charge in [0.2, 0.25) is 11.7 Å². The summed E-state index contributed by atoms with van der Waals surface area (Å²) in [5.74, 6) is -0.0703. The van der Waals surface area contributed by atoms with Crippen molar-refractivity contribution in [3.8, 4) is 17.1 Å². The molecule has 0 aliphatic heterocycles. The number of tetrazole rings is 1. The molecule has 0 aliphatic rings. The number of anilines is 1. The van der Waals surface area contributed by atoms with Crippen molar-refractivity contribution in [3.05, 3.63) is 54.1 Å². The van der Waals surface area contributed by atoms with Gasteiger partial charge in [0.1, 0.15) is 5.69 Å². The zero-order chi connectivity index (χ0) is 14.8. The molecule has 7 heteroatoms. The van der Waals surface area contributed by atoms with Gasteiger partial charge in [-0.05, 0) is 23.4 Å². The van der Waals surface area contributed by atoms with Gasteiger partial charge in [-0.25, -0.2) is 0 Å². The molecule has 1 amide bonds. The summed E-state index contributed by atoms with van der Waals surface area (Å²) in [6.45, 7) is 0. The third kappa shape index (κ3) is 2.44. The van der Waals surface area contributed by atoms with Crippen molar-refractivity contribution >= 4 is 11.6 Å². The maximum absolute atomic E-state index is 11.2. The molecule has 3 rings (SSSR count). The molecule has 0 radical (unpaired) electrons. The van der Waals surface area contributed by atoms with E-state index in [0.717, 1.165) is 5.56 Å². The first-order chi connectivity index (χ1) is 10.1. The Bertz CT molecular complexity index is 796. The van der Waals surface area contributed by atoms with E-state index < -0.39 is 5.91 Å². The van der Waals surface area contributed by atoms with E-state index in [1.165, 1.54) is 10.9 Å². The first-order valence-electron chi connectivity index (χ1n) is 6.20. The normalized spacial score (nSPS) is 10.5.